The fourth-order valence-corrected chi connectivity index (χ4v) is 1.51. The summed E-state index contributed by atoms with van der Waals surface area (Å²) in [6.45, 7) is 8.78. The number of aromatic nitrogens is 1. The van der Waals surface area contributed by atoms with Crippen LogP contribution >= 0.6 is 0 Å². The van der Waals surface area contributed by atoms with Crippen molar-refractivity contribution in [3.63, 3.8) is 0 Å². The van der Waals surface area contributed by atoms with E-state index in [0.717, 1.165) is 0 Å². The van der Waals surface area contributed by atoms with Crippen LogP contribution in [-0.4, -0.2) is 4.68 Å². The van der Waals surface area contributed by atoms with Crippen LogP contribution in [0.1, 0.15) is 50.9 Å². The van der Waals surface area contributed by atoms with E-state index in [1.165, 1.54) is 11.4 Å². The highest BCUT2D eigenvalue weighted by atomic mass is 15.3. The van der Waals surface area contributed by atoms with Gasteiger partial charge >= 0.3 is 0 Å². The fourth-order valence-electron chi connectivity index (χ4n) is 1.51. The summed E-state index contributed by atoms with van der Waals surface area (Å²) in [5.74, 6) is 5.17. The molecule has 1 aromatic rings. The molecule has 0 fully saturated rings. The smallest absolute Gasteiger partial charge is 0.0734 e. The maximum Gasteiger partial charge on any atom is 0.0734 e. The van der Waals surface area contributed by atoms with Crippen molar-refractivity contribution in [2.45, 2.75) is 39.5 Å². The van der Waals surface area contributed by atoms with Gasteiger partial charge in [0.25, 0.3) is 0 Å². The molecule has 1 rings (SSSR count). The van der Waals surface area contributed by atoms with Crippen LogP contribution in [0.5, 0.6) is 0 Å². The zero-order valence-electron chi connectivity index (χ0n) is 8.46. The van der Waals surface area contributed by atoms with E-state index in [9.17, 15) is 0 Å². The first-order valence-electron chi connectivity index (χ1n) is 4.56. The summed E-state index contributed by atoms with van der Waals surface area (Å²) >= 11 is 0. The van der Waals surface area contributed by atoms with Gasteiger partial charge in [-0.1, -0.05) is 27.7 Å². The quantitative estimate of drug-likeness (QED) is 0.696. The molecule has 0 aliphatic heterocycles. The highest BCUT2D eigenvalue weighted by Gasteiger charge is 2.12. The fraction of sp³-hybridized carbons (Fsp3) is 0.600. The molecular weight excluding hydrogens is 148 g/mol. The number of quaternary nitrogens is 1. The van der Waals surface area contributed by atoms with Gasteiger partial charge in [0.05, 0.1) is 11.4 Å². The van der Waals surface area contributed by atoms with Gasteiger partial charge in [0.1, 0.15) is 0 Å². The lowest BCUT2D eigenvalue weighted by molar-refractivity contribution is -0.444. The van der Waals surface area contributed by atoms with Gasteiger partial charge < -0.3 is 0 Å². The van der Waals surface area contributed by atoms with Crippen LogP contribution < -0.4 is 5.84 Å². The molecule has 0 bridgehead atoms. The zero-order chi connectivity index (χ0) is 9.30. The highest BCUT2D eigenvalue weighted by Crippen LogP contribution is 2.20. The summed E-state index contributed by atoms with van der Waals surface area (Å²) in [5.41, 5.74) is 2.64. The van der Waals surface area contributed by atoms with Crippen LogP contribution in [0.4, 0.5) is 0 Å². The van der Waals surface area contributed by atoms with Crippen molar-refractivity contribution in [3.8, 4) is 0 Å². The molecule has 1 heterocycles. The minimum Gasteiger partial charge on any atom is -0.251 e. The Kier molecular flexibility index (Phi) is 2.58. The second-order valence-electron chi connectivity index (χ2n) is 3.92. The highest BCUT2D eigenvalue weighted by molar-refractivity contribution is 5.19. The Bertz CT molecular complexity index is 233. The van der Waals surface area contributed by atoms with Gasteiger partial charge in [-0.15, -0.1) is 0 Å². The molecule has 0 unspecified atom stereocenters. The van der Waals surface area contributed by atoms with Gasteiger partial charge in [-0.3, -0.25) is 5.84 Å². The van der Waals surface area contributed by atoms with Gasteiger partial charge in [-0.25, -0.2) is 4.68 Å². The maximum atomic E-state index is 4.04. The third kappa shape index (κ3) is 1.53. The topological polar surface area (TPSA) is 32.6 Å². The Hall–Kier alpha value is -0.760. The van der Waals surface area contributed by atoms with Crippen molar-refractivity contribution in [2.24, 2.45) is 0 Å². The van der Waals surface area contributed by atoms with Crippen molar-refractivity contribution in [1.29, 1.82) is 0 Å². The summed E-state index contributed by atoms with van der Waals surface area (Å²) in [7, 11) is 0. The molecule has 1 aromatic heterocycles. The standard InChI is InChI=1S/C10H18N2/c1-7(2)9-5-6-10(8(3)4)12(9)11/h5-8H,11H2,1-4H3/p+1. The molecule has 3 N–H and O–H groups in total. The predicted molar refractivity (Wildman–Crippen MR) is 50.9 cm³/mol. The predicted octanol–water partition coefficient (Wildman–Crippen LogP) is 1.74. The largest absolute Gasteiger partial charge is 0.251 e. The molecular formula is C10H19N2+. The van der Waals surface area contributed by atoms with E-state index in [1.54, 1.807) is 0 Å². The van der Waals surface area contributed by atoms with E-state index in [2.05, 4.69) is 50.3 Å². The molecule has 0 spiro atoms. The molecule has 12 heavy (non-hydrogen) atoms. The first-order valence-corrected chi connectivity index (χ1v) is 4.56. The van der Waals surface area contributed by atoms with Crippen LogP contribution in [0, 0.1) is 0 Å². The Morgan fingerprint density at radius 2 is 1.33 bits per heavy atom. The third-order valence-corrected chi connectivity index (χ3v) is 2.23. The van der Waals surface area contributed by atoms with Gasteiger partial charge in [0.2, 0.25) is 0 Å². The summed E-state index contributed by atoms with van der Waals surface area (Å²) in [6, 6.07) is 4.35. The molecule has 2 heteroatoms. The Balaban J connectivity index is 3.04. The van der Waals surface area contributed by atoms with E-state index in [0.29, 0.717) is 11.8 Å². The molecule has 0 aliphatic carbocycles. The van der Waals surface area contributed by atoms with Crippen LogP contribution in [0.2, 0.25) is 0 Å². The molecule has 0 atom stereocenters. The molecule has 0 saturated carbocycles. The van der Waals surface area contributed by atoms with Crippen LogP contribution in [-0.2, 0) is 0 Å². The first kappa shape index (κ1) is 9.33. The van der Waals surface area contributed by atoms with E-state index in [-0.39, 0.29) is 0 Å². The Labute approximate surface area is 74.4 Å². The number of rotatable bonds is 2. The lowest BCUT2D eigenvalue weighted by atomic mass is 10.1. The van der Waals surface area contributed by atoms with Crippen molar-refractivity contribution >= 4 is 0 Å². The average molecular weight is 167 g/mol. The first-order chi connectivity index (χ1) is 5.54. The summed E-state index contributed by atoms with van der Waals surface area (Å²) < 4.78 is 2.06. The second-order valence-corrected chi connectivity index (χ2v) is 3.92. The molecule has 2 nitrogen and oxygen atoms in total. The summed E-state index contributed by atoms with van der Waals surface area (Å²) in [6.07, 6.45) is 0. The van der Waals surface area contributed by atoms with Gasteiger partial charge in [-0.05, 0) is 24.0 Å². The molecule has 68 valence electrons. The van der Waals surface area contributed by atoms with Gasteiger partial charge in [-0.2, -0.15) is 0 Å². The third-order valence-electron chi connectivity index (χ3n) is 2.23. The summed E-state index contributed by atoms with van der Waals surface area (Å²) in [4.78, 5) is 0. The average Bonchev–Trinajstić information content (AvgIpc) is 2.30. The molecule has 0 aromatic carbocycles. The van der Waals surface area contributed by atoms with Crippen molar-refractivity contribution in [1.82, 2.24) is 4.68 Å². The van der Waals surface area contributed by atoms with Gasteiger partial charge in [0.15, 0.2) is 0 Å². The van der Waals surface area contributed by atoms with Crippen LogP contribution in [0.15, 0.2) is 12.1 Å². The number of nitrogens with zero attached hydrogens (tertiary/aromatic N) is 1. The van der Waals surface area contributed by atoms with Gasteiger partial charge in [0, 0.05) is 0 Å². The van der Waals surface area contributed by atoms with Crippen molar-refractivity contribution in [3.05, 3.63) is 23.5 Å². The molecule has 0 aliphatic rings. The lowest BCUT2D eigenvalue weighted by Crippen LogP contribution is -2.58. The minimum atomic E-state index is 0.565. The zero-order valence-corrected chi connectivity index (χ0v) is 8.46. The maximum absolute atomic E-state index is 4.04. The van der Waals surface area contributed by atoms with E-state index >= 15 is 0 Å². The minimum absolute atomic E-state index is 0.565. The second kappa shape index (κ2) is 3.31. The number of hydrogen-bond donors (Lipinski definition) is 1. The number of hydrogen-bond acceptors (Lipinski definition) is 0. The van der Waals surface area contributed by atoms with Crippen molar-refractivity contribution in [2.75, 3.05) is 0 Å². The van der Waals surface area contributed by atoms with Crippen molar-refractivity contribution < 1.29 is 5.84 Å². The Morgan fingerprint density at radius 3 is 1.50 bits per heavy atom. The van der Waals surface area contributed by atoms with E-state index in [1.807, 2.05) is 0 Å². The van der Waals surface area contributed by atoms with Crippen LogP contribution in [0.25, 0.3) is 0 Å². The normalized spacial score (nSPS) is 11.6. The lowest BCUT2D eigenvalue weighted by Gasteiger charge is -2.08. The molecule has 0 amide bonds. The summed E-state index contributed by atoms with van der Waals surface area (Å²) in [5, 5.41) is 0. The van der Waals surface area contributed by atoms with E-state index in [4.69, 9.17) is 0 Å². The SMILES string of the molecule is CC(C)c1ccc(C(C)C)n1[NH3+]. The monoisotopic (exact) mass is 167 g/mol. The Morgan fingerprint density at radius 1 is 1.00 bits per heavy atom. The van der Waals surface area contributed by atoms with E-state index < -0.39 is 0 Å². The molecule has 0 radical (unpaired) electrons. The van der Waals surface area contributed by atoms with Crippen LogP contribution in [0.3, 0.4) is 0 Å². The molecule has 0 saturated heterocycles.